The van der Waals surface area contributed by atoms with Crippen LogP contribution in [0, 0.1) is 0 Å². The average molecular weight is 564 g/mol. The normalized spacial score (nSPS) is 14.2. The van der Waals surface area contributed by atoms with E-state index in [2.05, 4.69) is 0 Å². The van der Waals surface area contributed by atoms with Crippen LogP contribution in [0.15, 0.2) is 77.7 Å². The first-order valence-electron chi connectivity index (χ1n) is 12.0. The lowest BCUT2D eigenvalue weighted by Gasteiger charge is -2.37. The number of ether oxygens (including phenoxy) is 2. The Morgan fingerprint density at radius 2 is 1.54 bits per heavy atom. The molecule has 0 aromatic heterocycles. The van der Waals surface area contributed by atoms with Gasteiger partial charge in [0, 0.05) is 37.9 Å². The summed E-state index contributed by atoms with van der Waals surface area (Å²) in [5, 5.41) is 0. The summed E-state index contributed by atoms with van der Waals surface area (Å²) in [5.41, 5.74) is -0.113. The summed E-state index contributed by atoms with van der Waals surface area (Å²) in [4.78, 5) is 16.7. The highest BCUT2D eigenvalue weighted by atomic mass is 32.2. The highest BCUT2D eigenvalue weighted by Crippen LogP contribution is 2.34. The predicted molar refractivity (Wildman–Crippen MR) is 141 cm³/mol. The van der Waals surface area contributed by atoms with Crippen molar-refractivity contribution in [1.29, 1.82) is 0 Å². The number of carbonyl (C=O) groups excluding carboxylic acids is 1. The number of hydrogen-bond donors (Lipinski definition) is 0. The number of sulfonamides is 1. The Morgan fingerprint density at radius 1 is 0.872 bits per heavy atom. The van der Waals surface area contributed by atoms with Gasteiger partial charge in [0.15, 0.2) is 11.5 Å². The summed E-state index contributed by atoms with van der Waals surface area (Å²) in [6, 6.07) is 17.4. The number of carbonyl (C=O) groups is 1. The van der Waals surface area contributed by atoms with Gasteiger partial charge in [0.1, 0.15) is 6.54 Å². The Hall–Kier alpha value is -3.93. The molecule has 1 heterocycles. The molecule has 1 aliphatic rings. The first-order valence-corrected chi connectivity index (χ1v) is 13.5. The molecule has 0 N–H and O–H groups in total. The predicted octanol–water partition coefficient (Wildman–Crippen LogP) is 4.27. The molecule has 3 aromatic carbocycles. The van der Waals surface area contributed by atoms with E-state index in [1.807, 2.05) is 0 Å². The molecule has 0 radical (unpaired) electrons. The zero-order chi connectivity index (χ0) is 28.2. The van der Waals surface area contributed by atoms with Gasteiger partial charge in [0.25, 0.3) is 10.0 Å². The summed E-state index contributed by atoms with van der Waals surface area (Å²) >= 11 is 0. The van der Waals surface area contributed by atoms with E-state index in [1.165, 1.54) is 49.5 Å². The van der Waals surface area contributed by atoms with Crippen LogP contribution in [0.5, 0.6) is 11.5 Å². The van der Waals surface area contributed by atoms with E-state index in [-0.39, 0.29) is 23.7 Å². The number of piperazine rings is 1. The lowest BCUT2D eigenvalue weighted by Crippen LogP contribution is -2.52. The van der Waals surface area contributed by atoms with Gasteiger partial charge in [-0.25, -0.2) is 8.42 Å². The number of halogens is 3. The van der Waals surface area contributed by atoms with Crippen molar-refractivity contribution in [2.45, 2.75) is 11.1 Å². The first kappa shape index (κ1) is 28.1. The van der Waals surface area contributed by atoms with Crippen LogP contribution in [0.4, 0.5) is 24.5 Å². The molecule has 1 amide bonds. The van der Waals surface area contributed by atoms with Crippen molar-refractivity contribution in [2.75, 3.05) is 56.1 Å². The number of amides is 1. The third-order valence-corrected chi connectivity index (χ3v) is 8.22. The van der Waals surface area contributed by atoms with Crippen LogP contribution in [-0.2, 0) is 21.0 Å². The number of alkyl halides is 3. The van der Waals surface area contributed by atoms with E-state index < -0.39 is 34.2 Å². The van der Waals surface area contributed by atoms with Crippen molar-refractivity contribution < 1.29 is 35.9 Å². The van der Waals surface area contributed by atoms with Gasteiger partial charge in [-0.1, -0.05) is 24.3 Å². The largest absolute Gasteiger partial charge is 0.493 e. The van der Waals surface area contributed by atoms with E-state index in [1.54, 1.807) is 35.2 Å². The van der Waals surface area contributed by atoms with E-state index >= 15 is 0 Å². The van der Waals surface area contributed by atoms with E-state index in [0.717, 1.165) is 16.4 Å². The second-order valence-corrected chi connectivity index (χ2v) is 10.6. The molecule has 0 spiro atoms. The SMILES string of the molecule is COc1ccc(N(CC(=O)N2CCN(c3cccc(C(F)(F)F)c3)CC2)S(=O)(=O)c2ccccc2)cc1OC. The molecular formula is C27H28F3N3O5S. The van der Waals surface area contributed by atoms with E-state index in [0.29, 0.717) is 30.3 Å². The average Bonchev–Trinajstić information content (AvgIpc) is 2.95. The maximum Gasteiger partial charge on any atom is 0.416 e. The fraction of sp³-hybridized carbons (Fsp3) is 0.296. The van der Waals surface area contributed by atoms with Gasteiger partial charge >= 0.3 is 6.18 Å². The van der Waals surface area contributed by atoms with Crippen molar-refractivity contribution in [3.8, 4) is 11.5 Å². The van der Waals surface area contributed by atoms with Crippen LogP contribution >= 0.6 is 0 Å². The molecule has 0 unspecified atom stereocenters. The van der Waals surface area contributed by atoms with Gasteiger partial charge in [-0.3, -0.25) is 9.10 Å². The van der Waals surface area contributed by atoms with Gasteiger partial charge in [-0.2, -0.15) is 13.2 Å². The Kier molecular flexibility index (Phi) is 8.24. The summed E-state index contributed by atoms with van der Waals surface area (Å²) in [7, 11) is -1.25. The summed E-state index contributed by atoms with van der Waals surface area (Å²) in [5.74, 6) is 0.258. The molecule has 39 heavy (non-hydrogen) atoms. The number of nitrogens with zero attached hydrogens (tertiary/aromatic N) is 3. The Balaban J connectivity index is 1.55. The molecule has 3 aromatic rings. The molecule has 4 rings (SSSR count). The second kappa shape index (κ2) is 11.4. The van der Waals surface area contributed by atoms with Crippen molar-refractivity contribution in [3.05, 3.63) is 78.4 Å². The van der Waals surface area contributed by atoms with Crippen LogP contribution in [0.3, 0.4) is 0 Å². The van der Waals surface area contributed by atoms with Crippen molar-refractivity contribution in [2.24, 2.45) is 0 Å². The third kappa shape index (κ3) is 6.22. The number of rotatable bonds is 8. The van der Waals surface area contributed by atoms with Crippen molar-refractivity contribution in [3.63, 3.8) is 0 Å². The number of benzene rings is 3. The zero-order valence-corrected chi connectivity index (χ0v) is 22.2. The third-order valence-electron chi connectivity index (χ3n) is 6.44. The molecule has 1 saturated heterocycles. The van der Waals surface area contributed by atoms with Gasteiger partial charge in [-0.05, 0) is 42.5 Å². The first-order chi connectivity index (χ1) is 18.5. The molecular weight excluding hydrogens is 535 g/mol. The molecule has 0 aliphatic carbocycles. The second-order valence-electron chi connectivity index (χ2n) is 8.78. The minimum absolute atomic E-state index is 0.0157. The lowest BCUT2D eigenvalue weighted by molar-refractivity contribution is -0.137. The van der Waals surface area contributed by atoms with E-state index in [4.69, 9.17) is 9.47 Å². The molecule has 0 saturated carbocycles. The highest BCUT2D eigenvalue weighted by Gasteiger charge is 2.33. The molecule has 1 fully saturated rings. The van der Waals surface area contributed by atoms with Crippen molar-refractivity contribution >= 4 is 27.3 Å². The molecule has 0 bridgehead atoms. The van der Waals surface area contributed by atoms with E-state index in [9.17, 15) is 26.4 Å². The van der Waals surface area contributed by atoms with Crippen molar-refractivity contribution in [1.82, 2.24) is 4.90 Å². The summed E-state index contributed by atoms with van der Waals surface area (Å²) < 4.78 is 78.3. The maximum atomic E-state index is 13.6. The number of methoxy groups -OCH3 is 2. The van der Waals surface area contributed by atoms with Gasteiger partial charge in [0.2, 0.25) is 5.91 Å². The molecule has 208 valence electrons. The lowest BCUT2D eigenvalue weighted by atomic mass is 10.1. The maximum absolute atomic E-state index is 13.6. The zero-order valence-electron chi connectivity index (χ0n) is 21.4. The minimum atomic E-state index is -4.45. The van der Waals surface area contributed by atoms with Crippen LogP contribution in [-0.4, -0.2) is 66.2 Å². The van der Waals surface area contributed by atoms with Gasteiger partial charge in [0.05, 0.1) is 30.4 Å². The fourth-order valence-electron chi connectivity index (χ4n) is 4.33. The number of anilines is 2. The van der Waals surface area contributed by atoms with Crippen LogP contribution in [0.1, 0.15) is 5.56 Å². The van der Waals surface area contributed by atoms with Crippen LogP contribution in [0.2, 0.25) is 0 Å². The quantitative estimate of drug-likeness (QED) is 0.408. The molecule has 0 atom stereocenters. The Labute approximate surface area is 225 Å². The highest BCUT2D eigenvalue weighted by molar-refractivity contribution is 7.92. The summed E-state index contributed by atoms with van der Waals surface area (Å²) in [6.45, 7) is 0.570. The monoisotopic (exact) mass is 563 g/mol. The summed E-state index contributed by atoms with van der Waals surface area (Å²) in [6.07, 6.45) is -4.45. The topological polar surface area (TPSA) is 79.4 Å². The smallest absolute Gasteiger partial charge is 0.416 e. The fourth-order valence-corrected chi connectivity index (χ4v) is 5.76. The Bertz CT molecular complexity index is 1410. The molecule has 8 nitrogen and oxygen atoms in total. The van der Waals surface area contributed by atoms with Crippen LogP contribution < -0.4 is 18.7 Å². The minimum Gasteiger partial charge on any atom is -0.493 e. The Morgan fingerprint density at radius 3 is 2.15 bits per heavy atom. The standard InChI is InChI=1S/C27H28F3N3O5S/c1-37-24-12-11-22(18-25(24)38-2)33(39(35,36)23-9-4-3-5-10-23)19-26(34)32-15-13-31(14-16-32)21-8-6-7-20(17-21)27(28,29)30/h3-12,17-18H,13-16,19H2,1-2H3. The van der Waals surface area contributed by atoms with Gasteiger partial charge in [-0.15, -0.1) is 0 Å². The molecule has 1 aliphatic heterocycles. The molecule has 12 heteroatoms. The number of hydrogen-bond acceptors (Lipinski definition) is 6. The van der Waals surface area contributed by atoms with Gasteiger partial charge < -0.3 is 19.3 Å². The van der Waals surface area contributed by atoms with Crippen LogP contribution in [0.25, 0.3) is 0 Å².